The maximum Gasteiger partial charge on any atom is 0.223 e. The Bertz CT molecular complexity index is 154. The van der Waals surface area contributed by atoms with Gasteiger partial charge in [-0.2, -0.15) is 0 Å². The Labute approximate surface area is 88.5 Å². The van der Waals surface area contributed by atoms with Gasteiger partial charge in [-0.1, -0.05) is 47.0 Å². The largest absolute Gasteiger partial charge is 0.356 e. The third kappa shape index (κ3) is 6.01. The second-order valence-electron chi connectivity index (χ2n) is 4.38. The van der Waals surface area contributed by atoms with Crippen LogP contribution in [0.5, 0.6) is 0 Å². The van der Waals surface area contributed by atoms with Crippen LogP contribution in [0.3, 0.4) is 0 Å². The molecule has 2 nitrogen and oxygen atoms in total. The number of carbonyl (C=O) groups is 1. The molecule has 0 aliphatic heterocycles. The molecule has 1 N–H and O–H groups in total. The molecule has 1 amide bonds. The first kappa shape index (κ1) is 13.5. The summed E-state index contributed by atoms with van der Waals surface area (Å²) in [4.78, 5) is 11.5. The van der Waals surface area contributed by atoms with Crippen LogP contribution in [-0.2, 0) is 4.79 Å². The number of amides is 1. The summed E-state index contributed by atoms with van der Waals surface area (Å²) in [7, 11) is 0. The van der Waals surface area contributed by atoms with E-state index < -0.39 is 0 Å². The number of unbranched alkanes of at least 4 members (excludes halogenated alkanes) is 3. The van der Waals surface area contributed by atoms with Crippen molar-refractivity contribution in [1.82, 2.24) is 5.32 Å². The zero-order chi connectivity index (χ0) is 11.0. The van der Waals surface area contributed by atoms with Crippen LogP contribution in [0.1, 0.15) is 53.4 Å². The van der Waals surface area contributed by atoms with Crippen molar-refractivity contribution < 1.29 is 4.79 Å². The summed E-state index contributed by atoms with van der Waals surface area (Å²) < 4.78 is 0. The van der Waals surface area contributed by atoms with Crippen molar-refractivity contribution in [3.8, 4) is 0 Å². The lowest BCUT2D eigenvalue weighted by Gasteiger charge is -2.15. The fourth-order valence-electron chi connectivity index (χ4n) is 1.23. The summed E-state index contributed by atoms with van der Waals surface area (Å²) >= 11 is 0. The predicted octanol–water partition coefficient (Wildman–Crippen LogP) is 2.98. The molecular formula is C12H25NO. The second kappa shape index (κ2) is 7.84. The SMILES string of the molecule is CCCCCCNC(=O)C(C)C(C)C. The van der Waals surface area contributed by atoms with Gasteiger partial charge in [0.25, 0.3) is 0 Å². The highest BCUT2D eigenvalue weighted by Gasteiger charge is 2.15. The lowest BCUT2D eigenvalue weighted by molar-refractivity contribution is -0.125. The van der Waals surface area contributed by atoms with E-state index in [1.165, 1.54) is 19.3 Å². The van der Waals surface area contributed by atoms with Crippen LogP contribution < -0.4 is 5.32 Å². The Hall–Kier alpha value is -0.530. The highest BCUT2D eigenvalue weighted by molar-refractivity contribution is 5.78. The third-order valence-electron chi connectivity index (χ3n) is 2.74. The fourth-order valence-corrected chi connectivity index (χ4v) is 1.23. The molecular weight excluding hydrogens is 174 g/mol. The molecule has 0 saturated carbocycles. The van der Waals surface area contributed by atoms with Crippen molar-refractivity contribution in [2.24, 2.45) is 11.8 Å². The normalized spacial score (nSPS) is 12.9. The minimum Gasteiger partial charge on any atom is -0.356 e. The predicted molar refractivity (Wildman–Crippen MR) is 61.2 cm³/mol. The van der Waals surface area contributed by atoms with Gasteiger partial charge in [0.2, 0.25) is 5.91 Å². The van der Waals surface area contributed by atoms with Crippen LogP contribution in [0.2, 0.25) is 0 Å². The third-order valence-corrected chi connectivity index (χ3v) is 2.74. The monoisotopic (exact) mass is 199 g/mol. The Morgan fingerprint density at radius 2 is 1.79 bits per heavy atom. The molecule has 0 aromatic rings. The highest BCUT2D eigenvalue weighted by atomic mass is 16.1. The van der Waals surface area contributed by atoms with E-state index in [-0.39, 0.29) is 11.8 Å². The molecule has 0 radical (unpaired) electrons. The molecule has 0 bridgehead atoms. The van der Waals surface area contributed by atoms with Crippen LogP contribution >= 0.6 is 0 Å². The van der Waals surface area contributed by atoms with Gasteiger partial charge >= 0.3 is 0 Å². The summed E-state index contributed by atoms with van der Waals surface area (Å²) in [5.41, 5.74) is 0. The summed E-state index contributed by atoms with van der Waals surface area (Å²) in [6.45, 7) is 9.20. The molecule has 0 spiro atoms. The van der Waals surface area contributed by atoms with Gasteiger partial charge in [-0.25, -0.2) is 0 Å². The molecule has 0 saturated heterocycles. The molecule has 0 aliphatic rings. The zero-order valence-corrected chi connectivity index (χ0v) is 10.1. The molecule has 0 fully saturated rings. The summed E-state index contributed by atoms with van der Waals surface area (Å²) in [6, 6.07) is 0. The number of hydrogen-bond donors (Lipinski definition) is 1. The van der Waals surface area contributed by atoms with Crippen molar-refractivity contribution in [2.45, 2.75) is 53.4 Å². The number of hydrogen-bond acceptors (Lipinski definition) is 1. The van der Waals surface area contributed by atoms with Crippen molar-refractivity contribution in [1.29, 1.82) is 0 Å². The second-order valence-corrected chi connectivity index (χ2v) is 4.38. The van der Waals surface area contributed by atoms with Gasteiger partial charge in [0.1, 0.15) is 0 Å². The van der Waals surface area contributed by atoms with Gasteiger partial charge in [-0.3, -0.25) is 4.79 Å². The Morgan fingerprint density at radius 3 is 2.29 bits per heavy atom. The van der Waals surface area contributed by atoms with Crippen LogP contribution in [0, 0.1) is 11.8 Å². The van der Waals surface area contributed by atoms with E-state index in [4.69, 9.17) is 0 Å². The van der Waals surface area contributed by atoms with Crippen molar-refractivity contribution in [2.75, 3.05) is 6.54 Å². The molecule has 0 heterocycles. The van der Waals surface area contributed by atoms with Crippen molar-refractivity contribution in [3.05, 3.63) is 0 Å². The van der Waals surface area contributed by atoms with Crippen LogP contribution in [0.15, 0.2) is 0 Å². The van der Waals surface area contributed by atoms with E-state index in [9.17, 15) is 4.79 Å². The molecule has 14 heavy (non-hydrogen) atoms. The molecule has 1 atom stereocenters. The fraction of sp³-hybridized carbons (Fsp3) is 0.917. The molecule has 0 rings (SSSR count). The lowest BCUT2D eigenvalue weighted by atomic mass is 9.97. The number of nitrogens with one attached hydrogen (secondary N) is 1. The quantitative estimate of drug-likeness (QED) is 0.627. The number of carbonyl (C=O) groups excluding carboxylic acids is 1. The molecule has 0 aromatic carbocycles. The van der Waals surface area contributed by atoms with E-state index in [1.54, 1.807) is 0 Å². The zero-order valence-electron chi connectivity index (χ0n) is 10.1. The average Bonchev–Trinajstić information content (AvgIpc) is 2.16. The standard InChI is InChI=1S/C12H25NO/c1-5-6-7-8-9-13-12(14)11(4)10(2)3/h10-11H,5-9H2,1-4H3,(H,13,14). The lowest BCUT2D eigenvalue weighted by Crippen LogP contribution is -2.32. The topological polar surface area (TPSA) is 29.1 Å². The first-order valence-corrected chi connectivity index (χ1v) is 5.87. The van der Waals surface area contributed by atoms with Gasteiger partial charge in [-0.15, -0.1) is 0 Å². The highest BCUT2D eigenvalue weighted by Crippen LogP contribution is 2.09. The van der Waals surface area contributed by atoms with E-state index in [0.717, 1.165) is 13.0 Å². The molecule has 2 heteroatoms. The van der Waals surface area contributed by atoms with Crippen LogP contribution in [0.25, 0.3) is 0 Å². The number of rotatable bonds is 7. The minimum absolute atomic E-state index is 0.140. The van der Waals surface area contributed by atoms with E-state index in [2.05, 4.69) is 26.1 Å². The molecule has 1 unspecified atom stereocenters. The van der Waals surface area contributed by atoms with Crippen molar-refractivity contribution >= 4 is 5.91 Å². The molecule has 0 aliphatic carbocycles. The Balaban J connectivity index is 3.44. The first-order valence-electron chi connectivity index (χ1n) is 5.87. The van der Waals surface area contributed by atoms with Gasteiger partial charge in [-0.05, 0) is 12.3 Å². The van der Waals surface area contributed by atoms with Gasteiger partial charge in [0.15, 0.2) is 0 Å². The van der Waals surface area contributed by atoms with Crippen LogP contribution in [0.4, 0.5) is 0 Å². The van der Waals surface area contributed by atoms with Gasteiger partial charge < -0.3 is 5.32 Å². The van der Waals surface area contributed by atoms with E-state index >= 15 is 0 Å². The summed E-state index contributed by atoms with van der Waals surface area (Å²) in [6.07, 6.45) is 4.86. The van der Waals surface area contributed by atoms with E-state index in [0.29, 0.717) is 5.92 Å². The van der Waals surface area contributed by atoms with Crippen molar-refractivity contribution in [3.63, 3.8) is 0 Å². The maximum atomic E-state index is 11.5. The van der Waals surface area contributed by atoms with E-state index in [1.807, 2.05) is 6.92 Å². The molecule has 84 valence electrons. The van der Waals surface area contributed by atoms with Gasteiger partial charge in [0.05, 0.1) is 0 Å². The Kier molecular flexibility index (Phi) is 7.54. The molecule has 0 aromatic heterocycles. The summed E-state index contributed by atoms with van der Waals surface area (Å²) in [5, 5.41) is 2.98. The maximum absolute atomic E-state index is 11.5. The van der Waals surface area contributed by atoms with Crippen LogP contribution in [-0.4, -0.2) is 12.5 Å². The summed E-state index contributed by atoms with van der Waals surface area (Å²) in [5.74, 6) is 0.781. The van der Waals surface area contributed by atoms with Gasteiger partial charge in [0, 0.05) is 12.5 Å². The average molecular weight is 199 g/mol. The smallest absolute Gasteiger partial charge is 0.223 e. The first-order chi connectivity index (χ1) is 6.59. The minimum atomic E-state index is 0.140. The Morgan fingerprint density at radius 1 is 1.14 bits per heavy atom.